The van der Waals surface area contributed by atoms with E-state index >= 15 is 0 Å². The highest BCUT2D eigenvalue weighted by atomic mass is 16.4. The Balaban J connectivity index is 1.56. The van der Waals surface area contributed by atoms with Crippen molar-refractivity contribution in [2.24, 2.45) is 40.4 Å². The van der Waals surface area contributed by atoms with E-state index in [4.69, 9.17) is 5.11 Å². The van der Waals surface area contributed by atoms with Gasteiger partial charge in [-0.15, -0.1) is 0 Å². The molecule has 0 radical (unpaired) electrons. The molecule has 4 nitrogen and oxygen atoms in total. The highest BCUT2D eigenvalue weighted by molar-refractivity contribution is 5.89. The number of rotatable bonds is 4. The van der Waals surface area contributed by atoms with Gasteiger partial charge in [0.1, 0.15) is 0 Å². The molecule has 8 atom stereocenters. The summed E-state index contributed by atoms with van der Waals surface area (Å²) in [5.41, 5.74) is 0.475. The zero-order valence-electron chi connectivity index (χ0n) is 18.0. The summed E-state index contributed by atoms with van der Waals surface area (Å²) >= 11 is 0. The number of amides is 1. The van der Waals surface area contributed by atoms with Crippen molar-refractivity contribution >= 4 is 11.9 Å². The molecule has 0 aromatic rings. The van der Waals surface area contributed by atoms with E-state index in [1.54, 1.807) is 0 Å². The van der Waals surface area contributed by atoms with Crippen LogP contribution < -0.4 is 0 Å². The lowest BCUT2D eigenvalue weighted by Gasteiger charge is -2.60. The third kappa shape index (κ3) is 2.85. The number of carbonyl (C=O) groups is 2. The summed E-state index contributed by atoms with van der Waals surface area (Å²) in [5, 5.41) is 9.10. The highest BCUT2D eigenvalue weighted by Gasteiger charge is 2.60. The van der Waals surface area contributed by atoms with Gasteiger partial charge in [0.05, 0.1) is 0 Å². The molecule has 3 saturated carbocycles. The highest BCUT2D eigenvalue weighted by Crippen LogP contribution is 2.66. The van der Waals surface area contributed by atoms with Crippen LogP contribution in [0, 0.1) is 40.4 Å². The van der Waals surface area contributed by atoms with Gasteiger partial charge in [-0.2, -0.15) is 0 Å². The number of carboxylic acid groups (broad SMARTS) is 1. The van der Waals surface area contributed by atoms with Gasteiger partial charge in [-0.05, 0) is 86.0 Å². The summed E-state index contributed by atoms with van der Waals surface area (Å²) in [7, 11) is 1.98. The number of hydrogen-bond acceptors (Lipinski definition) is 2. The summed E-state index contributed by atoms with van der Waals surface area (Å²) in [6.45, 7) is 7.21. The van der Waals surface area contributed by atoms with E-state index in [1.165, 1.54) is 32.1 Å². The number of fused-ring (bicyclic) bond motifs is 5. The van der Waals surface area contributed by atoms with Gasteiger partial charge in [-0.1, -0.05) is 26.8 Å². The Labute approximate surface area is 169 Å². The summed E-state index contributed by atoms with van der Waals surface area (Å²) in [6.07, 6.45) is 12.6. The van der Waals surface area contributed by atoms with Crippen LogP contribution in [-0.4, -0.2) is 35.0 Å². The summed E-state index contributed by atoms with van der Waals surface area (Å²) in [4.78, 5) is 25.3. The second kappa shape index (κ2) is 6.88. The van der Waals surface area contributed by atoms with Crippen molar-refractivity contribution < 1.29 is 14.7 Å². The van der Waals surface area contributed by atoms with Crippen molar-refractivity contribution in [3.8, 4) is 0 Å². The van der Waals surface area contributed by atoms with Crippen molar-refractivity contribution in [1.82, 2.24) is 4.90 Å². The van der Waals surface area contributed by atoms with Crippen LogP contribution in [0.15, 0.2) is 12.2 Å². The average molecular weight is 388 g/mol. The topological polar surface area (TPSA) is 57.6 Å². The molecule has 1 heterocycles. The van der Waals surface area contributed by atoms with Crippen molar-refractivity contribution in [2.75, 3.05) is 7.05 Å². The molecule has 4 rings (SSSR count). The third-order valence-corrected chi connectivity index (χ3v) is 9.70. The minimum atomic E-state index is -0.663. The second-order valence-corrected chi connectivity index (χ2v) is 10.8. The number of aliphatic carboxylic acids is 1. The van der Waals surface area contributed by atoms with Gasteiger partial charge in [0, 0.05) is 24.9 Å². The Bertz CT molecular complexity index is 687. The average Bonchev–Trinajstić information content (AvgIpc) is 3.00. The lowest BCUT2D eigenvalue weighted by Crippen LogP contribution is -2.59. The summed E-state index contributed by atoms with van der Waals surface area (Å²) in [5.74, 6) is 2.84. The van der Waals surface area contributed by atoms with Crippen LogP contribution in [0.5, 0.6) is 0 Å². The van der Waals surface area contributed by atoms with Crippen LogP contribution in [0.2, 0.25) is 0 Å². The van der Waals surface area contributed by atoms with Gasteiger partial charge in [-0.3, -0.25) is 9.59 Å². The van der Waals surface area contributed by atoms with Crippen LogP contribution in [0.3, 0.4) is 0 Å². The van der Waals surface area contributed by atoms with Crippen molar-refractivity contribution in [1.29, 1.82) is 0 Å². The normalized spacial score (nSPS) is 45.9. The lowest BCUT2D eigenvalue weighted by molar-refractivity contribution is -0.139. The van der Waals surface area contributed by atoms with E-state index in [1.807, 2.05) is 18.0 Å². The smallest absolute Gasteiger partial charge is 0.303 e. The Morgan fingerprint density at radius 2 is 1.96 bits per heavy atom. The van der Waals surface area contributed by atoms with E-state index in [0.717, 1.165) is 24.7 Å². The van der Waals surface area contributed by atoms with Gasteiger partial charge in [0.25, 0.3) is 0 Å². The van der Waals surface area contributed by atoms with E-state index in [9.17, 15) is 9.59 Å². The maximum absolute atomic E-state index is 12.2. The first kappa shape index (κ1) is 20.0. The molecule has 0 bridgehead atoms. The monoisotopic (exact) mass is 387 g/mol. The molecule has 3 aliphatic carbocycles. The zero-order chi connectivity index (χ0) is 20.3. The summed E-state index contributed by atoms with van der Waals surface area (Å²) in [6, 6.07) is 0.349. The molecule has 1 amide bonds. The van der Waals surface area contributed by atoms with Gasteiger partial charge in [-0.25, -0.2) is 0 Å². The first-order valence-corrected chi connectivity index (χ1v) is 11.4. The molecule has 4 heteroatoms. The second-order valence-electron chi connectivity index (χ2n) is 10.8. The lowest BCUT2D eigenvalue weighted by atomic mass is 9.47. The van der Waals surface area contributed by atoms with E-state index in [0.29, 0.717) is 35.6 Å². The van der Waals surface area contributed by atoms with E-state index < -0.39 is 5.97 Å². The molecular weight excluding hydrogens is 350 g/mol. The van der Waals surface area contributed by atoms with Crippen molar-refractivity contribution in [3.63, 3.8) is 0 Å². The minimum absolute atomic E-state index is 0.111. The first-order valence-electron chi connectivity index (χ1n) is 11.4. The van der Waals surface area contributed by atoms with Gasteiger partial charge >= 0.3 is 5.97 Å². The Kier molecular flexibility index (Phi) is 4.91. The summed E-state index contributed by atoms with van der Waals surface area (Å²) < 4.78 is 0. The Morgan fingerprint density at radius 1 is 1.21 bits per heavy atom. The molecule has 1 aliphatic heterocycles. The molecule has 1 N–H and O–H groups in total. The third-order valence-electron chi connectivity index (χ3n) is 9.70. The standard InChI is InChI=1S/C24H37NO3/c1-15(5-10-22(27)28)17-7-8-18-16-6-9-20-24(3,14-12-21(26)25(20)4)19(16)11-13-23(17,18)2/h12,14-20H,5-11,13H2,1-4H3,(H,27,28)/t15-,16?,17?,18?,19?,20-,23?,24?/m1/s1. The first-order chi connectivity index (χ1) is 13.2. The number of nitrogens with zero attached hydrogens (tertiary/aromatic N) is 1. The van der Waals surface area contributed by atoms with Crippen molar-refractivity contribution in [3.05, 3.63) is 12.2 Å². The SMILES string of the molecule is C[C@H](CCC(=O)O)C1CCC2C3CC[C@H]4N(C)C(=O)C=CC4(C)C3CCC21C. The molecule has 3 fully saturated rings. The molecule has 4 aliphatic rings. The predicted octanol–water partition coefficient (Wildman–Crippen LogP) is 4.74. The van der Waals surface area contributed by atoms with Gasteiger partial charge < -0.3 is 10.0 Å². The largest absolute Gasteiger partial charge is 0.481 e. The number of carboxylic acids is 1. The zero-order valence-corrected chi connectivity index (χ0v) is 18.0. The molecule has 28 heavy (non-hydrogen) atoms. The molecule has 0 spiro atoms. The Hall–Kier alpha value is -1.32. The van der Waals surface area contributed by atoms with Crippen LogP contribution in [0.1, 0.15) is 72.1 Å². The van der Waals surface area contributed by atoms with Crippen LogP contribution in [-0.2, 0) is 9.59 Å². The fraction of sp³-hybridized carbons (Fsp3) is 0.833. The quantitative estimate of drug-likeness (QED) is 0.758. The van der Waals surface area contributed by atoms with Gasteiger partial charge in [0.2, 0.25) is 5.91 Å². The molecule has 0 aromatic heterocycles. The van der Waals surface area contributed by atoms with Crippen LogP contribution >= 0.6 is 0 Å². The molecule has 6 unspecified atom stereocenters. The fourth-order valence-electron chi connectivity index (χ4n) is 8.27. The predicted molar refractivity (Wildman–Crippen MR) is 110 cm³/mol. The molecule has 0 saturated heterocycles. The van der Waals surface area contributed by atoms with Crippen LogP contribution in [0.4, 0.5) is 0 Å². The molecule has 0 aromatic carbocycles. The molecular formula is C24H37NO3. The number of hydrogen-bond donors (Lipinski definition) is 1. The van der Waals surface area contributed by atoms with E-state index in [2.05, 4.69) is 26.8 Å². The maximum Gasteiger partial charge on any atom is 0.303 e. The van der Waals surface area contributed by atoms with Crippen LogP contribution in [0.25, 0.3) is 0 Å². The molecule has 156 valence electrons. The number of carbonyl (C=O) groups excluding carboxylic acids is 1. The Morgan fingerprint density at radius 3 is 2.68 bits per heavy atom. The number of likely N-dealkylation sites (N-methyl/N-ethyl adjacent to an activating group) is 1. The van der Waals surface area contributed by atoms with E-state index in [-0.39, 0.29) is 11.3 Å². The van der Waals surface area contributed by atoms with Gasteiger partial charge in [0.15, 0.2) is 0 Å². The van der Waals surface area contributed by atoms with Crippen molar-refractivity contribution in [2.45, 2.75) is 78.2 Å². The fourth-order valence-corrected chi connectivity index (χ4v) is 8.27. The maximum atomic E-state index is 12.2. The minimum Gasteiger partial charge on any atom is -0.481 e.